The van der Waals surface area contributed by atoms with Crippen LogP contribution in [-0.2, 0) is 0 Å². The van der Waals surface area contributed by atoms with Crippen LogP contribution in [0.4, 0.5) is 11.0 Å². The summed E-state index contributed by atoms with van der Waals surface area (Å²) in [4.78, 5) is 20.1. The predicted octanol–water partition coefficient (Wildman–Crippen LogP) is 3.78. The third kappa shape index (κ3) is 1.84. The molecular formula is C15H11N3O2S. The van der Waals surface area contributed by atoms with Gasteiger partial charge in [0, 0.05) is 22.5 Å². The van der Waals surface area contributed by atoms with Crippen LogP contribution in [0.15, 0.2) is 45.1 Å². The van der Waals surface area contributed by atoms with Crippen LogP contribution >= 0.6 is 11.3 Å². The van der Waals surface area contributed by atoms with Gasteiger partial charge in [-0.2, -0.15) is 0 Å². The highest BCUT2D eigenvalue weighted by molar-refractivity contribution is 7.13. The van der Waals surface area contributed by atoms with Crippen LogP contribution < -0.4 is 10.7 Å². The number of H-pyrrole nitrogens is 1. The number of hydrogen-bond acceptors (Lipinski definition) is 5. The third-order valence-corrected chi connectivity index (χ3v) is 4.08. The van der Waals surface area contributed by atoms with Crippen molar-refractivity contribution in [2.45, 2.75) is 6.92 Å². The van der Waals surface area contributed by atoms with Gasteiger partial charge in [0.15, 0.2) is 5.13 Å². The zero-order chi connectivity index (χ0) is 14.4. The van der Waals surface area contributed by atoms with E-state index >= 15 is 0 Å². The number of hydrogen-bond donors (Lipinski definition) is 2. The number of benzene rings is 1. The Morgan fingerprint density at radius 1 is 1.33 bits per heavy atom. The monoisotopic (exact) mass is 297 g/mol. The van der Waals surface area contributed by atoms with Crippen molar-refractivity contribution in [3.05, 3.63) is 51.8 Å². The summed E-state index contributed by atoms with van der Waals surface area (Å²) >= 11 is 1.45. The van der Waals surface area contributed by atoms with Crippen LogP contribution in [0.25, 0.3) is 21.8 Å². The minimum absolute atomic E-state index is 0.0461. The smallest absolute Gasteiger partial charge is 0.212 e. The number of thiazole rings is 1. The number of para-hydroxylation sites is 1. The molecule has 0 amide bonds. The molecule has 0 saturated carbocycles. The molecule has 5 nitrogen and oxygen atoms in total. The summed E-state index contributed by atoms with van der Waals surface area (Å²) in [5.74, 6) is 1.11. The van der Waals surface area contributed by atoms with Crippen LogP contribution in [0.3, 0.4) is 0 Å². The van der Waals surface area contributed by atoms with Crippen molar-refractivity contribution >= 4 is 44.2 Å². The van der Waals surface area contributed by atoms with E-state index in [0.717, 1.165) is 11.0 Å². The quantitative estimate of drug-likeness (QED) is 0.590. The highest BCUT2D eigenvalue weighted by Crippen LogP contribution is 2.30. The summed E-state index contributed by atoms with van der Waals surface area (Å²) < 4.78 is 5.71. The van der Waals surface area contributed by atoms with Crippen molar-refractivity contribution in [1.82, 2.24) is 9.97 Å². The first-order valence-corrected chi connectivity index (χ1v) is 7.32. The van der Waals surface area contributed by atoms with Crippen LogP contribution in [0.2, 0.25) is 0 Å². The molecule has 0 aliphatic heterocycles. The van der Waals surface area contributed by atoms with Crippen LogP contribution in [0, 0.1) is 6.92 Å². The van der Waals surface area contributed by atoms with Gasteiger partial charge in [0.1, 0.15) is 11.1 Å². The maximum Gasteiger partial charge on any atom is 0.212 e. The Hall–Kier alpha value is -2.60. The van der Waals surface area contributed by atoms with Crippen molar-refractivity contribution in [2.24, 2.45) is 0 Å². The average molecular weight is 297 g/mol. The lowest BCUT2D eigenvalue weighted by Gasteiger charge is -2.00. The molecular weight excluding hydrogens is 286 g/mol. The van der Waals surface area contributed by atoms with Crippen molar-refractivity contribution < 1.29 is 4.42 Å². The number of aromatic nitrogens is 2. The summed E-state index contributed by atoms with van der Waals surface area (Å²) in [7, 11) is 0. The zero-order valence-corrected chi connectivity index (χ0v) is 12.0. The second-order valence-corrected chi connectivity index (χ2v) is 5.59. The Morgan fingerprint density at radius 2 is 2.19 bits per heavy atom. The molecule has 0 aliphatic rings. The first-order valence-electron chi connectivity index (χ1n) is 6.44. The van der Waals surface area contributed by atoms with E-state index in [1.807, 2.05) is 36.6 Å². The number of rotatable bonds is 2. The summed E-state index contributed by atoms with van der Waals surface area (Å²) in [5, 5.41) is 6.80. The molecule has 3 aromatic heterocycles. The molecule has 0 radical (unpaired) electrons. The van der Waals surface area contributed by atoms with E-state index in [-0.39, 0.29) is 5.43 Å². The van der Waals surface area contributed by atoms with Crippen molar-refractivity contribution in [2.75, 3.05) is 5.32 Å². The summed E-state index contributed by atoms with van der Waals surface area (Å²) in [6.07, 6.45) is 1.70. The number of furan rings is 1. The maximum absolute atomic E-state index is 12.7. The first-order chi connectivity index (χ1) is 10.2. The number of fused-ring (bicyclic) bond motifs is 2. The topological polar surface area (TPSA) is 70.9 Å². The fraction of sp³-hybridized carbons (Fsp3) is 0.0667. The highest BCUT2D eigenvalue weighted by Gasteiger charge is 2.17. The van der Waals surface area contributed by atoms with Gasteiger partial charge >= 0.3 is 0 Å². The van der Waals surface area contributed by atoms with Gasteiger partial charge in [-0.3, -0.25) is 4.79 Å². The lowest BCUT2D eigenvalue weighted by Crippen LogP contribution is -2.04. The van der Waals surface area contributed by atoms with Gasteiger partial charge in [-0.15, -0.1) is 11.3 Å². The zero-order valence-electron chi connectivity index (χ0n) is 11.1. The second-order valence-electron chi connectivity index (χ2n) is 4.70. The Kier molecular flexibility index (Phi) is 2.58. The van der Waals surface area contributed by atoms with Crippen molar-refractivity contribution in [3.8, 4) is 0 Å². The lowest BCUT2D eigenvalue weighted by molar-refractivity contribution is 0.555. The molecule has 0 bridgehead atoms. The maximum atomic E-state index is 12.7. The Morgan fingerprint density at radius 3 is 3.00 bits per heavy atom. The molecule has 0 atom stereocenters. The highest BCUT2D eigenvalue weighted by atomic mass is 32.1. The van der Waals surface area contributed by atoms with E-state index < -0.39 is 0 Å². The number of anilines is 2. The lowest BCUT2D eigenvalue weighted by atomic mass is 10.1. The van der Waals surface area contributed by atoms with E-state index in [0.29, 0.717) is 27.5 Å². The Balaban J connectivity index is 2.04. The number of aromatic amines is 1. The molecule has 6 heteroatoms. The fourth-order valence-electron chi connectivity index (χ4n) is 2.44. The van der Waals surface area contributed by atoms with Gasteiger partial charge in [0.2, 0.25) is 11.3 Å². The molecule has 104 valence electrons. The largest absolute Gasteiger partial charge is 0.443 e. The van der Waals surface area contributed by atoms with Gasteiger partial charge in [-0.05, 0) is 19.1 Å². The van der Waals surface area contributed by atoms with Gasteiger partial charge in [0.05, 0.1) is 5.52 Å². The van der Waals surface area contributed by atoms with Crippen LogP contribution in [0.5, 0.6) is 0 Å². The van der Waals surface area contributed by atoms with Crippen LogP contribution in [0.1, 0.15) is 5.76 Å². The number of pyridine rings is 1. The molecule has 0 fully saturated rings. The van der Waals surface area contributed by atoms with E-state index in [2.05, 4.69) is 15.3 Å². The van der Waals surface area contributed by atoms with Gasteiger partial charge < -0.3 is 14.7 Å². The number of nitrogens with zero attached hydrogens (tertiary/aromatic N) is 1. The predicted molar refractivity (Wildman–Crippen MR) is 84.5 cm³/mol. The molecule has 4 rings (SSSR count). The molecule has 1 aromatic carbocycles. The molecule has 0 unspecified atom stereocenters. The van der Waals surface area contributed by atoms with E-state index in [9.17, 15) is 4.79 Å². The van der Waals surface area contributed by atoms with E-state index in [1.54, 1.807) is 6.20 Å². The van der Waals surface area contributed by atoms with Crippen LogP contribution in [-0.4, -0.2) is 9.97 Å². The fourth-order valence-corrected chi connectivity index (χ4v) is 2.97. The third-order valence-electron chi connectivity index (χ3n) is 3.40. The van der Waals surface area contributed by atoms with E-state index in [4.69, 9.17) is 4.42 Å². The number of aryl methyl sites for hydroxylation is 1. The second kappa shape index (κ2) is 4.46. The molecule has 21 heavy (non-hydrogen) atoms. The Bertz CT molecular complexity index is 999. The van der Waals surface area contributed by atoms with Crippen molar-refractivity contribution in [3.63, 3.8) is 0 Å². The first kappa shape index (κ1) is 12.2. The normalized spacial score (nSPS) is 11.3. The summed E-state index contributed by atoms with van der Waals surface area (Å²) in [6, 6.07) is 7.44. The minimum atomic E-state index is -0.0461. The molecule has 0 aliphatic carbocycles. The Labute approximate surface area is 123 Å². The molecule has 2 N–H and O–H groups in total. The van der Waals surface area contributed by atoms with Gasteiger partial charge in [-0.25, -0.2) is 4.98 Å². The standard InChI is InChI=1S/C15H11N3O2S/c1-8-12-11(14(20-8)18-15-16-6-7-21-15)13(19)9-4-2-3-5-10(9)17-12/h2-7,17H,1H3,(H,16,18). The molecule has 3 heterocycles. The molecule has 0 saturated heterocycles. The average Bonchev–Trinajstić information content (AvgIpc) is 3.09. The SMILES string of the molecule is Cc1oc(Nc2nccs2)c2c(=O)c3ccccc3[nH]c12. The number of nitrogens with one attached hydrogen (secondary N) is 2. The van der Waals surface area contributed by atoms with Crippen molar-refractivity contribution in [1.29, 1.82) is 0 Å². The van der Waals surface area contributed by atoms with E-state index in [1.165, 1.54) is 11.3 Å². The minimum Gasteiger partial charge on any atom is -0.443 e. The summed E-state index contributed by atoms with van der Waals surface area (Å²) in [5.41, 5.74) is 1.48. The summed E-state index contributed by atoms with van der Waals surface area (Å²) in [6.45, 7) is 1.83. The van der Waals surface area contributed by atoms with Gasteiger partial charge in [-0.1, -0.05) is 12.1 Å². The molecule has 4 aromatic rings. The van der Waals surface area contributed by atoms with Gasteiger partial charge in [0.25, 0.3) is 0 Å². The molecule has 0 spiro atoms.